The van der Waals surface area contributed by atoms with E-state index in [1.807, 2.05) is 0 Å². The lowest BCUT2D eigenvalue weighted by molar-refractivity contribution is -0.385. The number of rotatable bonds is 7. The van der Waals surface area contributed by atoms with Gasteiger partial charge in [-0.05, 0) is 50.2 Å². The van der Waals surface area contributed by atoms with Gasteiger partial charge < -0.3 is 15.0 Å². The van der Waals surface area contributed by atoms with E-state index in [2.05, 4.69) is 5.32 Å². The van der Waals surface area contributed by atoms with E-state index in [0.717, 1.165) is 0 Å². The van der Waals surface area contributed by atoms with Gasteiger partial charge >= 0.3 is 0 Å². The summed E-state index contributed by atoms with van der Waals surface area (Å²) in [5.41, 5.74) is 1.24. The lowest BCUT2D eigenvalue weighted by Crippen LogP contribution is -2.37. The lowest BCUT2D eigenvalue weighted by Gasteiger charge is -2.20. The molecule has 0 aliphatic rings. The van der Waals surface area contributed by atoms with Crippen LogP contribution < -0.4 is 10.1 Å². The van der Waals surface area contributed by atoms with Gasteiger partial charge in [-0.3, -0.25) is 19.7 Å². The van der Waals surface area contributed by atoms with Crippen molar-refractivity contribution in [3.05, 3.63) is 63.7 Å². The van der Waals surface area contributed by atoms with Crippen molar-refractivity contribution in [2.75, 3.05) is 25.5 Å². The van der Waals surface area contributed by atoms with Crippen LogP contribution in [-0.2, 0) is 4.79 Å². The van der Waals surface area contributed by atoms with Crippen molar-refractivity contribution in [3.63, 3.8) is 0 Å². The summed E-state index contributed by atoms with van der Waals surface area (Å²) in [4.78, 5) is 36.7. The highest BCUT2D eigenvalue weighted by molar-refractivity contribution is 5.99. The van der Waals surface area contributed by atoms with E-state index in [4.69, 9.17) is 4.74 Å². The molecule has 0 spiro atoms. The zero-order valence-corrected chi connectivity index (χ0v) is 15.4. The van der Waals surface area contributed by atoms with Crippen molar-refractivity contribution in [1.29, 1.82) is 0 Å². The molecule has 2 rings (SSSR count). The topological polar surface area (TPSA) is 102 Å². The highest BCUT2D eigenvalue weighted by Gasteiger charge is 2.20. The number of aryl methyl sites for hydroxylation is 1. The molecule has 0 heterocycles. The average Bonchev–Trinajstić information content (AvgIpc) is 2.65. The number of hydrogen-bond donors (Lipinski definition) is 1. The molecule has 0 aromatic heterocycles. The molecule has 0 bridgehead atoms. The zero-order chi connectivity index (χ0) is 20.0. The maximum absolute atomic E-state index is 12.6. The van der Waals surface area contributed by atoms with E-state index < -0.39 is 4.92 Å². The van der Waals surface area contributed by atoms with Gasteiger partial charge in [0, 0.05) is 29.4 Å². The van der Waals surface area contributed by atoms with Gasteiger partial charge in [0.25, 0.3) is 11.6 Å². The summed E-state index contributed by atoms with van der Waals surface area (Å²) < 4.78 is 5.06. The van der Waals surface area contributed by atoms with Crippen molar-refractivity contribution in [3.8, 4) is 5.75 Å². The minimum atomic E-state index is -0.497. The van der Waals surface area contributed by atoms with Crippen molar-refractivity contribution in [2.45, 2.75) is 13.8 Å². The van der Waals surface area contributed by atoms with Gasteiger partial charge in [-0.25, -0.2) is 0 Å². The number of nitrogens with one attached hydrogen (secondary N) is 1. The third kappa shape index (κ3) is 5.04. The van der Waals surface area contributed by atoms with Crippen LogP contribution in [0.2, 0.25) is 0 Å². The van der Waals surface area contributed by atoms with Gasteiger partial charge in [-0.15, -0.1) is 0 Å². The molecule has 0 saturated heterocycles. The molecule has 2 amide bonds. The number of hydrogen-bond acceptors (Lipinski definition) is 5. The first-order chi connectivity index (χ1) is 12.8. The van der Waals surface area contributed by atoms with Crippen LogP contribution in [0.25, 0.3) is 0 Å². The van der Waals surface area contributed by atoms with E-state index in [-0.39, 0.29) is 24.0 Å². The molecular formula is C19H21N3O5. The first-order valence-corrected chi connectivity index (χ1v) is 8.34. The number of likely N-dealkylation sites (N-methyl/N-ethyl adjacent to an activating group) is 1. The van der Waals surface area contributed by atoms with Crippen molar-refractivity contribution in [1.82, 2.24) is 4.90 Å². The molecular weight excluding hydrogens is 350 g/mol. The summed E-state index contributed by atoms with van der Waals surface area (Å²) in [6.07, 6.45) is 0. The maximum Gasteiger partial charge on any atom is 0.272 e. The molecule has 0 unspecified atom stereocenters. The van der Waals surface area contributed by atoms with Crippen molar-refractivity contribution in [2.24, 2.45) is 0 Å². The molecule has 2 aromatic rings. The Bertz CT molecular complexity index is 849. The number of benzene rings is 2. The van der Waals surface area contributed by atoms with Gasteiger partial charge in [0.1, 0.15) is 12.3 Å². The summed E-state index contributed by atoms with van der Waals surface area (Å²) in [5.74, 6) is -0.0266. The molecule has 8 nitrogen and oxygen atoms in total. The molecule has 2 aromatic carbocycles. The fourth-order valence-corrected chi connectivity index (χ4v) is 2.55. The van der Waals surface area contributed by atoms with Gasteiger partial charge in [0.05, 0.1) is 12.0 Å². The van der Waals surface area contributed by atoms with Crippen LogP contribution in [0.1, 0.15) is 22.8 Å². The molecule has 8 heteroatoms. The lowest BCUT2D eigenvalue weighted by atomic mass is 10.1. The predicted molar refractivity (Wildman–Crippen MR) is 101 cm³/mol. The first-order valence-electron chi connectivity index (χ1n) is 8.34. The van der Waals surface area contributed by atoms with Crippen molar-refractivity contribution < 1.29 is 19.2 Å². The summed E-state index contributed by atoms with van der Waals surface area (Å²) in [7, 11) is 1.55. The molecule has 0 radical (unpaired) electrons. The van der Waals surface area contributed by atoms with Gasteiger partial charge in [-0.2, -0.15) is 0 Å². The molecule has 0 fully saturated rings. The number of anilines is 1. The third-order valence-electron chi connectivity index (χ3n) is 4.02. The summed E-state index contributed by atoms with van der Waals surface area (Å²) in [5, 5.41) is 13.6. The number of carbonyl (C=O) groups excluding carboxylic acids is 2. The second-order valence-electron chi connectivity index (χ2n) is 5.85. The van der Waals surface area contributed by atoms with Gasteiger partial charge in [0.15, 0.2) is 0 Å². The standard InChI is InChI=1S/C19H21N3O5/c1-4-21(12-18(23)20-15-6-8-16(27-3)9-7-15)19(24)14-5-10-17(22(25)26)13(2)11-14/h5-11H,4,12H2,1-3H3,(H,20,23). The van der Waals surface area contributed by atoms with E-state index in [9.17, 15) is 19.7 Å². The quantitative estimate of drug-likeness (QED) is 0.595. The second kappa shape index (κ2) is 8.79. The van der Waals surface area contributed by atoms with Crippen molar-refractivity contribution >= 4 is 23.2 Å². The van der Waals surface area contributed by atoms with E-state index in [1.165, 1.54) is 23.1 Å². The van der Waals surface area contributed by atoms with Crippen LogP contribution in [0.15, 0.2) is 42.5 Å². The fraction of sp³-hybridized carbons (Fsp3) is 0.263. The van der Waals surface area contributed by atoms with Crippen LogP contribution >= 0.6 is 0 Å². The highest BCUT2D eigenvalue weighted by Crippen LogP contribution is 2.20. The van der Waals surface area contributed by atoms with Crippen LogP contribution in [0, 0.1) is 17.0 Å². The predicted octanol–water partition coefficient (Wildman–Crippen LogP) is 3.01. The minimum absolute atomic E-state index is 0.0492. The van der Waals surface area contributed by atoms with Crippen LogP contribution in [0.5, 0.6) is 5.75 Å². The molecule has 0 aliphatic carbocycles. The fourth-order valence-electron chi connectivity index (χ4n) is 2.55. The molecule has 0 saturated carbocycles. The third-order valence-corrected chi connectivity index (χ3v) is 4.02. The Balaban J connectivity index is 2.06. The largest absolute Gasteiger partial charge is 0.497 e. The minimum Gasteiger partial charge on any atom is -0.497 e. The zero-order valence-electron chi connectivity index (χ0n) is 15.4. The number of nitro groups is 1. The van der Waals surface area contributed by atoms with Gasteiger partial charge in [-0.1, -0.05) is 0 Å². The summed E-state index contributed by atoms with van der Waals surface area (Å²) in [6, 6.07) is 11.0. The number of ether oxygens (including phenoxy) is 1. The molecule has 0 aliphatic heterocycles. The Hall–Kier alpha value is -3.42. The van der Waals surface area contributed by atoms with Crippen LogP contribution in [0.3, 0.4) is 0 Å². The highest BCUT2D eigenvalue weighted by atomic mass is 16.6. The normalized spacial score (nSPS) is 10.2. The van der Waals surface area contributed by atoms with Crippen LogP contribution in [0.4, 0.5) is 11.4 Å². The Labute approximate surface area is 156 Å². The monoisotopic (exact) mass is 371 g/mol. The van der Waals surface area contributed by atoms with Crippen LogP contribution in [-0.4, -0.2) is 41.8 Å². The molecule has 0 atom stereocenters. The average molecular weight is 371 g/mol. The van der Waals surface area contributed by atoms with E-state index >= 15 is 0 Å². The Morgan fingerprint density at radius 1 is 1.19 bits per heavy atom. The summed E-state index contributed by atoms with van der Waals surface area (Å²) >= 11 is 0. The Morgan fingerprint density at radius 2 is 1.85 bits per heavy atom. The molecule has 27 heavy (non-hydrogen) atoms. The van der Waals surface area contributed by atoms with Gasteiger partial charge in [0.2, 0.25) is 5.91 Å². The Morgan fingerprint density at radius 3 is 2.37 bits per heavy atom. The Kier molecular flexibility index (Phi) is 6.48. The number of nitro benzene ring substituents is 1. The molecule has 1 N–H and O–H groups in total. The number of methoxy groups -OCH3 is 1. The first kappa shape index (κ1) is 19.9. The van der Waals surface area contributed by atoms with E-state index in [1.54, 1.807) is 45.2 Å². The maximum atomic E-state index is 12.6. The second-order valence-corrected chi connectivity index (χ2v) is 5.85. The SMILES string of the molecule is CCN(CC(=O)Nc1ccc(OC)cc1)C(=O)c1ccc([N+](=O)[O-])c(C)c1. The smallest absolute Gasteiger partial charge is 0.272 e. The number of amides is 2. The summed E-state index contributed by atoms with van der Waals surface area (Å²) in [6.45, 7) is 3.53. The van der Waals surface area contributed by atoms with E-state index in [0.29, 0.717) is 29.1 Å². The molecule has 142 valence electrons. The number of nitrogens with zero attached hydrogens (tertiary/aromatic N) is 2. The number of carbonyl (C=O) groups is 2.